The molecule has 0 radical (unpaired) electrons. The molecule has 154 valence electrons. The Morgan fingerprint density at radius 2 is 1.50 bits per heavy atom. The summed E-state index contributed by atoms with van der Waals surface area (Å²) in [6.07, 6.45) is 10.6. The van der Waals surface area contributed by atoms with Crippen LogP contribution >= 0.6 is 0 Å². The summed E-state index contributed by atoms with van der Waals surface area (Å²) in [6.45, 7) is 8.85. The zero-order valence-corrected chi connectivity index (χ0v) is 17.3. The van der Waals surface area contributed by atoms with Crippen molar-refractivity contribution in [3.8, 4) is 0 Å². The fraction of sp³-hybridized carbons (Fsp3) is 0.842. The predicted octanol–water partition coefficient (Wildman–Crippen LogP) is 3.48. The van der Waals surface area contributed by atoms with Crippen LogP contribution in [0.4, 0.5) is 0 Å². The van der Waals surface area contributed by atoms with E-state index < -0.39 is 15.9 Å². The van der Waals surface area contributed by atoms with Crippen molar-refractivity contribution in [2.24, 2.45) is 0 Å². The highest BCUT2D eigenvalue weighted by atomic mass is 32.2. The van der Waals surface area contributed by atoms with Crippen molar-refractivity contribution in [3.63, 3.8) is 0 Å². The molecule has 0 saturated heterocycles. The zero-order valence-electron chi connectivity index (χ0n) is 16.5. The van der Waals surface area contributed by atoms with Gasteiger partial charge < -0.3 is 14.2 Å². The van der Waals surface area contributed by atoms with Gasteiger partial charge in [-0.2, -0.15) is 0 Å². The van der Waals surface area contributed by atoms with Crippen LogP contribution in [-0.2, 0) is 19.6 Å². The third kappa shape index (κ3) is 15.3. The van der Waals surface area contributed by atoms with E-state index in [0.717, 1.165) is 6.42 Å². The molecule has 7 heteroatoms. The molecule has 0 saturated carbocycles. The van der Waals surface area contributed by atoms with Gasteiger partial charge in [0.05, 0.1) is 15.9 Å². The van der Waals surface area contributed by atoms with E-state index in [1.807, 2.05) is 0 Å². The summed E-state index contributed by atoms with van der Waals surface area (Å²) in [5.74, 6) is -0.901. The van der Waals surface area contributed by atoms with Gasteiger partial charge >= 0.3 is 0 Å². The van der Waals surface area contributed by atoms with E-state index in [9.17, 15) is 17.8 Å². The molecule has 6 nitrogen and oxygen atoms in total. The fourth-order valence-corrected chi connectivity index (χ4v) is 3.05. The summed E-state index contributed by atoms with van der Waals surface area (Å²) >= 11 is 0. The molecule has 0 heterocycles. The first kappa shape index (κ1) is 25.1. The highest BCUT2D eigenvalue weighted by molar-refractivity contribution is 7.85. The van der Waals surface area contributed by atoms with E-state index in [4.69, 9.17) is 4.74 Å². The Labute approximate surface area is 159 Å². The quantitative estimate of drug-likeness (QED) is 0.216. The van der Waals surface area contributed by atoms with E-state index in [0.29, 0.717) is 31.8 Å². The van der Waals surface area contributed by atoms with E-state index >= 15 is 0 Å². The second-order valence-electron chi connectivity index (χ2n) is 6.78. The van der Waals surface area contributed by atoms with Crippen LogP contribution < -0.4 is 0 Å². The van der Waals surface area contributed by atoms with Crippen molar-refractivity contribution in [1.82, 2.24) is 4.90 Å². The second kappa shape index (κ2) is 15.2. The standard InChI is InChI=1S/C19H37NO5S/c1-4-5-6-7-8-9-10-11-15-25-16-12-13-20(19(21)18(2)3)14-17-26(22,23)24/h2,4-17H2,1,3H3,(H,22,23,24)/p-1. The van der Waals surface area contributed by atoms with Crippen molar-refractivity contribution >= 4 is 16.0 Å². The van der Waals surface area contributed by atoms with E-state index in [1.165, 1.54) is 49.8 Å². The average molecular weight is 391 g/mol. The molecule has 0 spiro atoms. The molecule has 0 rings (SSSR count). The lowest BCUT2D eigenvalue weighted by atomic mass is 10.1. The van der Waals surface area contributed by atoms with E-state index in [1.54, 1.807) is 6.92 Å². The first-order valence-electron chi connectivity index (χ1n) is 9.74. The maximum Gasteiger partial charge on any atom is 0.248 e. The van der Waals surface area contributed by atoms with Crippen LogP contribution in [0, 0.1) is 0 Å². The molecule has 0 aliphatic heterocycles. The maximum absolute atomic E-state index is 12.0. The number of hydrogen-bond donors (Lipinski definition) is 0. The van der Waals surface area contributed by atoms with Crippen molar-refractivity contribution < 1.29 is 22.5 Å². The molecule has 0 aromatic rings. The van der Waals surface area contributed by atoms with Gasteiger partial charge in [0.1, 0.15) is 0 Å². The van der Waals surface area contributed by atoms with Crippen LogP contribution in [0.3, 0.4) is 0 Å². The Balaban J connectivity index is 3.78. The average Bonchev–Trinajstić information content (AvgIpc) is 2.56. The molecule has 0 aromatic carbocycles. The molecular formula is C19H36NO5S-. The molecule has 0 aliphatic carbocycles. The fourth-order valence-electron chi connectivity index (χ4n) is 2.60. The molecule has 0 N–H and O–H groups in total. The van der Waals surface area contributed by atoms with Crippen LogP contribution in [0.25, 0.3) is 0 Å². The summed E-state index contributed by atoms with van der Waals surface area (Å²) in [6, 6.07) is 0. The van der Waals surface area contributed by atoms with Crippen molar-refractivity contribution in [3.05, 3.63) is 12.2 Å². The predicted molar refractivity (Wildman–Crippen MR) is 104 cm³/mol. The Kier molecular flexibility index (Phi) is 14.6. The van der Waals surface area contributed by atoms with Crippen LogP contribution in [0.2, 0.25) is 0 Å². The van der Waals surface area contributed by atoms with Crippen molar-refractivity contribution in [2.45, 2.75) is 71.6 Å². The van der Waals surface area contributed by atoms with E-state index in [-0.39, 0.29) is 12.5 Å². The highest BCUT2D eigenvalue weighted by Gasteiger charge is 2.14. The molecular weight excluding hydrogens is 354 g/mol. The van der Waals surface area contributed by atoms with Gasteiger partial charge in [-0.25, -0.2) is 8.42 Å². The molecule has 0 atom stereocenters. The lowest BCUT2D eigenvalue weighted by molar-refractivity contribution is -0.127. The van der Waals surface area contributed by atoms with Gasteiger partial charge in [-0.05, 0) is 19.8 Å². The molecule has 0 aliphatic rings. The SMILES string of the molecule is C=C(C)C(=O)N(CCCOCCCCCCCCCC)CCS(=O)(=O)[O-]. The van der Waals surface area contributed by atoms with Crippen LogP contribution in [0.5, 0.6) is 0 Å². The third-order valence-corrected chi connectivity index (χ3v) is 4.81. The number of amides is 1. The summed E-state index contributed by atoms with van der Waals surface area (Å²) in [4.78, 5) is 13.3. The van der Waals surface area contributed by atoms with Gasteiger partial charge in [0.25, 0.3) is 0 Å². The first-order valence-corrected chi connectivity index (χ1v) is 11.3. The Morgan fingerprint density at radius 1 is 0.962 bits per heavy atom. The minimum Gasteiger partial charge on any atom is -0.748 e. The number of hydrogen-bond acceptors (Lipinski definition) is 5. The molecule has 26 heavy (non-hydrogen) atoms. The minimum absolute atomic E-state index is 0.102. The summed E-state index contributed by atoms with van der Waals surface area (Å²) in [7, 11) is -4.34. The highest BCUT2D eigenvalue weighted by Crippen LogP contribution is 2.08. The van der Waals surface area contributed by atoms with Gasteiger partial charge in [-0.15, -0.1) is 0 Å². The molecule has 1 amide bonds. The van der Waals surface area contributed by atoms with Crippen molar-refractivity contribution in [1.29, 1.82) is 0 Å². The molecule has 0 bridgehead atoms. The first-order chi connectivity index (χ1) is 12.3. The van der Waals surface area contributed by atoms with E-state index in [2.05, 4.69) is 13.5 Å². The number of nitrogens with zero attached hydrogens (tertiary/aromatic N) is 1. The van der Waals surface area contributed by atoms with Crippen LogP contribution in [0.15, 0.2) is 12.2 Å². The Bertz CT molecular complexity index is 490. The zero-order chi connectivity index (χ0) is 19.8. The second-order valence-corrected chi connectivity index (χ2v) is 8.30. The summed E-state index contributed by atoms with van der Waals surface area (Å²) < 4.78 is 37.9. The van der Waals surface area contributed by atoms with Gasteiger partial charge in [-0.1, -0.05) is 58.4 Å². The van der Waals surface area contributed by atoms with Crippen molar-refractivity contribution in [2.75, 3.05) is 32.1 Å². The van der Waals surface area contributed by atoms with Gasteiger partial charge in [-0.3, -0.25) is 4.79 Å². The molecule has 0 aromatic heterocycles. The lowest BCUT2D eigenvalue weighted by Crippen LogP contribution is -2.36. The lowest BCUT2D eigenvalue weighted by Gasteiger charge is -2.23. The molecule has 0 fully saturated rings. The molecule has 0 unspecified atom stereocenters. The topological polar surface area (TPSA) is 86.7 Å². The van der Waals surface area contributed by atoms with Gasteiger partial charge in [0.15, 0.2) is 0 Å². The number of unbranched alkanes of at least 4 members (excludes halogenated alkanes) is 7. The third-order valence-electron chi connectivity index (χ3n) is 4.12. The smallest absolute Gasteiger partial charge is 0.248 e. The number of carbonyl (C=O) groups is 1. The number of rotatable bonds is 17. The normalized spacial score (nSPS) is 11.5. The largest absolute Gasteiger partial charge is 0.748 e. The maximum atomic E-state index is 12.0. The summed E-state index contributed by atoms with van der Waals surface area (Å²) in [5.41, 5.74) is 0.327. The monoisotopic (exact) mass is 390 g/mol. The van der Waals surface area contributed by atoms with Crippen LogP contribution in [-0.4, -0.2) is 55.8 Å². The number of ether oxygens (including phenoxy) is 1. The Morgan fingerprint density at radius 3 is 2.04 bits per heavy atom. The summed E-state index contributed by atoms with van der Waals surface area (Å²) in [5, 5.41) is 0. The van der Waals surface area contributed by atoms with Gasteiger partial charge in [0, 0.05) is 31.9 Å². The van der Waals surface area contributed by atoms with Crippen LogP contribution in [0.1, 0.15) is 71.6 Å². The number of carbonyl (C=O) groups excluding carboxylic acids is 1. The Hall–Kier alpha value is -0.920. The minimum atomic E-state index is -4.34. The van der Waals surface area contributed by atoms with Gasteiger partial charge in [0.2, 0.25) is 5.91 Å².